The quantitative estimate of drug-likeness (QED) is 0.711. The van der Waals surface area contributed by atoms with E-state index < -0.39 is 5.92 Å². The minimum absolute atomic E-state index is 0.0390. The van der Waals surface area contributed by atoms with E-state index in [2.05, 4.69) is 10.2 Å². The van der Waals surface area contributed by atoms with Crippen LogP contribution in [0.5, 0.6) is 11.5 Å². The Balaban J connectivity index is 1.56. The van der Waals surface area contributed by atoms with Crippen molar-refractivity contribution in [3.8, 4) is 11.5 Å². The van der Waals surface area contributed by atoms with Crippen LogP contribution in [0.3, 0.4) is 0 Å². The molecule has 31 heavy (non-hydrogen) atoms. The third kappa shape index (κ3) is 4.43. The summed E-state index contributed by atoms with van der Waals surface area (Å²) in [4.78, 5) is 14.6. The van der Waals surface area contributed by atoms with Crippen LogP contribution in [0.2, 0.25) is 0 Å². The molecule has 0 spiro atoms. The monoisotopic (exact) mass is 434 g/mol. The van der Waals surface area contributed by atoms with Crippen molar-refractivity contribution in [1.82, 2.24) is 0 Å². The third-order valence-corrected chi connectivity index (χ3v) is 5.96. The smallest absolute Gasteiger partial charge is 0.248 e. The lowest BCUT2D eigenvalue weighted by Crippen LogP contribution is -2.37. The van der Waals surface area contributed by atoms with Gasteiger partial charge in [0.1, 0.15) is 23.0 Å². The van der Waals surface area contributed by atoms with E-state index in [0.717, 1.165) is 16.8 Å². The van der Waals surface area contributed by atoms with Crippen molar-refractivity contribution in [2.75, 3.05) is 31.0 Å². The predicted molar refractivity (Wildman–Crippen MR) is 112 cm³/mol. The molecule has 1 aliphatic carbocycles. The molecule has 0 saturated heterocycles. The van der Waals surface area contributed by atoms with Crippen molar-refractivity contribution in [2.45, 2.75) is 38.2 Å². The number of alkyl halides is 2. The average Bonchev–Trinajstić information content (AvgIpc) is 2.72. The minimum Gasteiger partial charge on any atom is -0.494 e. The molecule has 166 valence electrons. The van der Waals surface area contributed by atoms with Crippen LogP contribution in [0.1, 0.15) is 30.4 Å². The number of halogens is 3. The number of rotatable bonds is 6. The van der Waals surface area contributed by atoms with E-state index in [-0.39, 0.29) is 36.9 Å². The Bertz CT molecular complexity index is 971. The van der Waals surface area contributed by atoms with Gasteiger partial charge in [-0.3, -0.25) is 4.79 Å². The number of anilines is 2. The fraction of sp³-hybridized carbons (Fsp3) is 0.435. The number of benzene rings is 2. The lowest BCUT2D eigenvalue weighted by atomic mass is 9.79. The van der Waals surface area contributed by atoms with E-state index in [9.17, 15) is 18.0 Å². The van der Waals surface area contributed by atoms with Gasteiger partial charge in [-0.15, -0.1) is 0 Å². The first kappa shape index (κ1) is 21.3. The largest absolute Gasteiger partial charge is 0.494 e. The maximum atomic E-state index is 13.3. The van der Waals surface area contributed by atoms with Gasteiger partial charge in [0.15, 0.2) is 0 Å². The van der Waals surface area contributed by atoms with E-state index in [1.165, 1.54) is 26.4 Å². The van der Waals surface area contributed by atoms with Gasteiger partial charge in [-0.1, -0.05) is 0 Å². The lowest BCUT2D eigenvalue weighted by Gasteiger charge is -2.34. The molecule has 1 heterocycles. The maximum Gasteiger partial charge on any atom is 0.248 e. The number of hydrogen-bond donors (Lipinski definition) is 1. The van der Waals surface area contributed by atoms with E-state index in [1.807, 2.05) is 6.07 Å². The van der Waals surface area contributed by atoms with Crippen molar-refractivity contribution < 1.29 is 27.4 Å². The van der Waals surface area contributed by atoms with Crippen molar-refractivity contribution in [3.63, 3.8) is 0 Å². The molecule has 1 fully saturated rings. The number of ether oxygens (including phenoxy) is 2. The predicted octanol–water partition coefficient (Wildman–Crippen LogP) is 4.78. The Kier molecular flexibility index (Phi) is 5.73. The number of hydrogen-bond acceptors (Lipinski definition) is 4. The fourth-order valence-electron chi connectivity index (χ4n) is 4.43. The summed E-state index contributed by atoms with van der Waals surface area (Å²) in [6.45, 7) is 1.28. The van der Waals surface area contributed by atoms with E-state index in [1.54, 1.807) is 12.1 Å². The van der Waals surface area contributed by atoms with Crippen molar-refractivity contribution in [3.05, 3.63) is 47.3 Å². The number of nitrogens with one attached hydrogen (secondary N) is 1. The Labute approximate surface area is 179 Å². The molecule has 2 aromatic rings. The molecule has 8 heteroatoms. The Morgan fingerprint density at radius 3 is 2.52 bits per heavy atom. The van der Waals surface area contributed by atoms with Crippen molar-refractivity contribution in [1.29, 1.82) is 0 Å². The van der Waals surface area contributed by atoms with Gasteiger partial charge >= 0.3 is 0 Å². The first-order valence-electron chi connectivity index (χ1n) is 10.2. The topological polar surface area (TPSA) is 50.8 Å². The van der Waals surface area contributed by atoms with E-state index in [4.69, 9.17) is 9.47 Å². The third-order valence-electron chi connectivity index (χ3n) is 5.96. The highest BCUT2D eigenvalue weighted by molar-refractivity contribution is 5.95. The maximum absolute atomic E-state index is 13.3. The first-order valence-corrected chi connectivity index (χ1v) is 10.2. The average molecular weight is 434 g/mol. The summed E-state index contributed by atoms with van der Waals surface area (Å²) < 4.78 is 50.5. The molecule has 5 nitrogen and oxygen atoms in total. The highest BCUT2D eigenvalue weighted by atomic mass is 19.3. The second-order valence-electron chi connectivity index (χ2n) is 8.16. The van der Waals surface area contributed by atoms with Gasteiger partial charge in [0.05, 0.1) is 14.2 Å². The van der Waals surface area contributed by atoms with Crippen LogP contribution < -0.4 is 19.7 Å². The Morgan fingerprint density at radius 1 is 1.19 bits per heavy atom. The molecular weight excluding hydrogens is 409 g/mol. The van der Waals surface area contributed by atoms with Crippen molar-refractivity contribution in [2.24, 2.45) is 5.92 Å². The van der Waals surface area contributed by atoms with Crippen LogP contribution in [0.25, 0.3) is 0 Å². The van der Waals surface area contributed by atoms with Crippen LogP contribution in [-0.2, 0) is 17.8 Å². The molecule has 1 saturated carbocycles. The van der Waals surface area contributed by atoms with E-state index in [0.29, 0.717) is 36.7 Å². The van der Waals surface area contributed by atoms with Crippen molar-refractivity contribution >= 4 is 17.3 Å². The Morgan fingerprint density at radius 2 is 1.90 bits per heavy atom. The highest BCUT2D eigenvalue weighted by Gasteiger charge is 2.45. The van der Waals surface area contributed by atoms with Gasteiger partial charge in [-0.05, 0) is 48.2 Å². The normalized spacial score (nSPS) is 17.5. The summed E-state index contributed by atoms with van der Waals surface area (Å²) in [5.74, 6) is -2.60. The molecule has 0 bridgehead atoms. The van der Waals surface area contributed by atoms with Gasteiger partial charge in [-0.2, -0.15) is 0 Å². The van der Waals surface area contributed by atoms with Gasteiger partial charge < -0.3 is 19.7 Å². The SMILES string of the molecule is COc1cc2c(c(OC)c1NC(=O)CC1CC(F)(F)C1)CCN(c1ccc(F)cc1)C2. The number of fused-ring (bicyclic) bond motifs is 1. The van der Waals surface area contributed by atoms with Gasteiger partial charge in [0.2, 0.25) is 11.8 Å². The van der Waals surface area contributed by atoms with Crippen LogP contribution in [0.15, 0.2) is 30.3 Å². The first-order chi connectivity index (χ1) is 14.8. The van der Waals surface area contributed by atoms with Gasteiger partial charge in [-0.25, -0.2) is 13.2 Å². The zero-order valence-electron chi connectivity index (χ0n) is 17.5. The van der Waals surface area contributed by atoms with Crippen LogP contribution in [0.4, 0.5) is 24.5 Å². The highest BCUT2D eigenvalue weighted by Crippen LogP contribution is 2.45. The molecule has 4 rings (SSSR count). The van der Waals surface area contributed by atoms with E-state index >= 15 is 0 Å². The summed E-state index contributed by atoms with van der Waals surface area (Å²) in [5.41, 5.74) is 3.29. The summed E-state index contributed by atoms with van der Waals surface area (Å²) in [5, 5.41) is 2.82. The lowest BCUT2D eigenvalue weighted by molar-refractivity contribution is -0.129. The van der Waals surface area contributed by atoms with Crippen LogP contribution in [-0.4, -0.2) is 32.6 Å². The molecule has 1 N–H and O–H groups in total. The number of carbonyl (C=O) groups is 1. The summed E-state index contributed by atoms with van der Waals surface area (Å²) in [7, 11) is 3.04. The number of amides is 1. The molecule has 2 aliphatic rings. The number of nitrogens with zero attached hydrogens (tertiary/aromatic N) is 1. The number of methoxy groups -OCH3 is 2. The molecular formula is C23H25F3N2O3. The molecule has 2 aromatic carbocycles. The minimum atomic E-state index is -2.65. The summed E-state index contributed by atoms with van der Waals surface area (Å²) >= 11 is 0. The van der Waals surface area contributed by atoms with Crippen LogP contribution >= 0.6 is 0 Å². The van der Waals surface area contributed by atoms with Gasteiger partial charge in [0, 0.05) is 43.6 Å². The second-order valence-corrected chi connectivity index (χ2v) is 8.16. The summed E-state index contributed by atoms with van der Waals surface area (Å²) in [6, 6.07) is 8.21. The van der Waals surface area contributed by atoms with Crippen LogP contribution in [0, 0.1) is 11.7 Å². The summed E-state index contributed by atoms with van der Waals surface area (Å²) in [6.07, 6.45) is 0.200. The molecule has 0 radical (unpaired) electrons. The zero-order valence-corrected chi connectivity index (χ0v) is 17.5. The molecule has 1 amide bonds. The molecule has 0 unspecified atom stereocenters. The molecule has 0 atom stereocenters. The van der Waals surface area contributed by atoms with Gasteiger partial charge in [0.25, 0.3) is 0 Å². The zero-order chi connectivity index (χ0) is 22.2. The Hall–Kier alpha value is -2.90. The fourth-order valence-corrected chi connectivity index (χ4v) is 4.43. The number of carbonyl (C=O) groups excluding carboxylic acids is 1. The molecule has 0 aromatic heterocycles. The second kappa shape index (κ2) is 8.32. The molecule has 1 aliphatic heterocycles. The standard InChI is InChI=1S/C23H25F3N2O3/c1-30-19-10-15-13-28(17-5-3-16(24)4-6-17)8-7-18(15)22(31-2)21(19)27-20(29)9-14-11-23(25,26)12-14/h3-6,10,14H,7-9,11-13H2,1-2H3,(H,27,29).